The molecule has 0 saturated carbocycles. The van der Waals surface area contributed by atoms with E-state index >= 15 is 0 Å². The van der Waals surface area contributed by atoms with Crippen molar-refractivity contribution in [1.29, 1.82) is 0 Å². The zero-order chi connectivity index (χ0) is 12.9. The zero-order valence-electron chi connectivity index (χ0n) is 9.81. The minimum absolute atomic E-state index is 0.0351. The van der Waals surface area contributed by atoms with E-state index in [1.165, 1.54) is 0 Å². The molecule has 96 valence electrons. The molecule has 0 saturated heterocycles. The number of benzene rings is 1. The van der Waals surface area contributed by atoms with Crippen LogP contribution in [0.15, 0.2) is 29.2 Å². The fraction of sp³-hybridized carbons (Fsp3) is 0.455. The first-order chi connectivity index (χ1) is 7.95. The molecule has 0 aromatic heterocycles. The molecule has 1 atom stereocenters. The van der Waals surface area contributed by atoms with Gasteiger partial charge in [0.25, 0.3) is 0 Å². The third kappa shape index (κ3) is 4.75. The van der Waals surface area contributed by atoms with Crippen LogP contribution in [0.1, 0.15) is 5.56 Å². The third-order valence-corrected chi connectivity index (χ3v) is 4.15. The standard InChI is InChI=1S/C11H16BrNO3S/c1-9-4-3-5-11(6-9)17(14,15)13-7-10(12)8-16-2/h3-6,10,13H,7-8H2,1-2H3. The van der Waals surface area contributed by atoms with Crippen molar-refractivity contribution < 1.29 is 13.2 Å². The number of aryl methyl sites for hydroxylation is 1. The van der Waals surface area contributed by atoms with Gasteiger partial charge in [0.1, 0.15) is 0 Å². The summed E-state index contributed by atoms with van der Waals surface area (Å²) in [6, 6.07) is 6.80. The highest BCUT2D eigenvalue weighted by Crippen LogP contribution is 2.11. The first-order valence-corrected chi connectivity index (χ1v) is 7.55. The second kappa shape index (κ2) is 6.49. The zero-order valence-corrected chi connectivity index (χ0v) is 12.2. The molecule has 0 amide bonds. The summed E-state index contributed by atoms with van der Waals surface area (Å²) in [7, 11) is -1.86. The van der Waals surface area contributed by atoms with Gasteiger partial charge in [0.15, 0.2) is 0 Å². The van der Waals surface area contributed by atoms with Gasteiger partial charge in [-0.1, -0.05) is 28.1 Å². The number of hydrogen-bond donors (Lipinski definition) is 1. The Balaban J connectivity index is 2.69. The van der Waals surface area contributed by atoms with E-state index in [2.05, 4.69) is 20.7 Å². The molecule has 1 aromatic carbocycles. The molecular weight excluding hydrogens is 306 g/mol. The Labute approximate surface area is 111 Å². The Morgan fingerprint density at radius 2 is 2.18 bits per heavy atom. The molecule has 0 radical (unpaired) electrons. The van der Waals surface area contributed by atoms with Crippen LogP contribution < -0.4 is 4.72 Å². The van der Waals surface area contributed by atoms with Gasteiger partial charge < -0.3 is 4.74 Å². The van der Waals surface area contributed by atoms with Crippen LogP contribution in [0.25, 0.3) is 0 Å². The van der Waals surface area contributed by atoms with Gasteiger partial charge in [0.05, 0.1) is 16.3 Å². The fourth-order valence-electron chi connectivity index (χ4n) is 1.31. The molecule has 6 heteroatoms. The first kappa shape index (κ1) is 14.6. The summed E-state index contributed by atoms with van der Waals surface area (Å²) < 4.78 is 31.3. The molecule has 17 heavy (non-hydrogen) atoms. The Morgan fingerprint density at radius 3 is 2.76 bits per heavy atom. The van der Waals surface area contributed by atoms with E-state index in [-0.39, 0.29) is 9.72 Å². The topological polar surface area (TPSA) is 55.4 Å². The third-order valence-electron chi connectivity index (χ3n) is 2.14. The summed E-state index contributed by atoms with van der Waals surface area (Å²) in [4.78, 5) is 0.252. The Kier molecular flexibility index (Phi) is 5.58. The lowest BCUT2D eigenvalue weighted by Gasteiger charge is -2.11. The second-order valence-electron chi connectivity index (χ2n) is 3.72. The Bertz CT molecular complexity index is 462. The number of hydrogen-bond acceptors (Lipinski definition) is 3. The minimum atomic E-state index is -3.43. The maximum atomic E-state index is 11.9. The summed E-state index contributed by atoms with van der Waals surface area (Å²) in [5.74, 6) is 0. The fourth-order valence-corrected chi connectivity index (χ4v) is 3.13. The minimum Gasteiger partial charge on any atom is -0.383 e. The van der Waals surface area contributed by atoms with Crippen molar-refractivity contribution in [2.45, 2.75) is 16.6 Å². The highest BCUT2D eigenvalue weighted by Gasteiger charge is 2.15. The summed E-state index contributed by atoms with van der Waals surface area (Å²) >= 11 is 3.33. The van der Waals surface area contributed by atoms with Crippen LogP contribution in [0.2, 0.25) is 0 Å². The summed E-state index contributed by atoms with van der Waals surface area (Å²) in [5, 5.41) is 0. The molecule has 1 rings (SSSR count). The number of ether oxygens (including phenoxy) is 1. The quantitative estimate of drug-likeness (QED) is 0.811. The Hall–Kier alpha value is -0.430. The molecule has 0 aliphatic rings. The van der Waals surface area contributed by atoms with E-state index < -0.39 is 10.0 Å². The van der Waals surface area contributed by atoms with Crippen molar-refractivity contribution in [2.24, 2.45) is 0 Å². The van der Waals surface area contributed by atoms with Crippen molar-refractivity contribution >= 4 is 26.0 Å². The van der Waals surface area contributed by atoms with Crippen LogP contribution >= 0.6 is 15.9 Å². The van der Waals surface area contributed by atoms with E-state index in [9.17, 15) is 8.42 Å². The number of alkyl halides is 1. The molecule has 1 aromatic rings. The SMILES string of the molecule is COCC(Br)CNS(=O)(=O)c1cccc(C)c1. The largest absolute Gasteiger partial charge is 0.383 e. The van der Waals surface area contributed by atoms with Gasteiger partial charge >= 0.3 is 0 Å². The number of rotatable bonds is 6. The highest BCUT2D eigenvalue weighted by atomic mass is 79.9. The van der Waals surface area contributed by atoms with Crippen molar-refractivity contribution in [2.75, 3.05) is 20.3 Å². The lowest BCUT2D eigenvalue weighted by atomic mass is 10.2. The van der Waals surface area contributed by atoms with E-state index in [1.54, 1.807) is 25.3 Å². The number of methoxy groups -OCH3 is 1. The van der Waals surface area contributed by atoms with E-state index in [0.29, 0.717) is 13.2 Å². The molecule has 0 spiro atoms. The lowest BCUT2D eigenvalue weighted by Crippen LogP contribution is -2.31. The average molecular weight is 322 g/mol. The van der Waals surface area contributed by atoms with Gasteiger partial charge in [-0.3, -0.25) is 0 Å². The number of nitrogens with one attached hydrogen (secondary N) is 1. The van der Waals surface area contributed by atoms with Crippen LogP contribution in [0.5, 0.6) is 0 Å². The summed E-state index contributed by atoms with van der Waals surface area (Å²) in [5.41, 5.74) is 0.917. The van der Waals surface area contributed by atoms with E-state index in [0.717, 1.165) is 5.56 Å². The van der Waals surface area contributed by atoms with Crippen molar-refractivity contribution in [3.8, 4) is 0 Å². The summed E-state index contributed by atoms with van der Waals surface area (Å²) in [6.07, 6.45) is 0. The van der Waals surface area contributed by atoms with Crippen molar-refractivity contribution in [3.63, 3.8) is 0 Å². The van der Waals surface area contributed by atoms with Crippen LogP contribution in [-0.2, 0) is 14.8 Å². The van der Waals surface area contributed by atoms with Crippen LogP contribution in [0.3, 0.4) is 0 Å². The predicted octanol–water partition coefficient (Wildman–Crippen LogP) is 1.68. The molecule has 0 fully saturated rings. The smallest absolute Gasteiger partial charge is 0.240 e. The van der Waals surface area contributed by atoms with E-state index in [4.69, 9.17) is 4.74 Å². The maximum absolute atomic E-state index is 11.9. The summed E-state index contributed by atoms with van der Waals surface area (Å²) in [6.45, 7) is 2.61. The van der Waals surface area contributed by atoms with Gasteiger partial charge in [0, 0.05) is 13.7 Å². The van der Waals surface area contributed by atoms with Crippen LogP contribution in [0.4, 0.5) is 0 Å². The molecule has 0 aliphatic carbocycles. The molecule has 0 bridgehead atoms. The molecule has 1 unspecified atom stereocenters. The Morgan fingerprint density at radius 1 is 1.47 bits per heavy atom. The maximum Gasteiger partial charge on any atom is 0.240 e. The van der Waals surface area contributed by atoms with E-state index in [1.807, 2.05) is 13.0 Å². The first-order valence-electron chi connectivity index (χ1n) is 5.15. The van der Waals surface area contributed by atoms with Crippen LogP contribution in [0, 0.1) is 6.92 Å². The molecule has 0 aliphatic heterocycles. The van der Waals surface area contributed by atoms with Crippen molar-refractivity contribution in [3.05, 3.63) is 29.8 Å². The monoisotopic (exact) mass is 321 g/mol. The normalized spacial score (nSPS) is 13.6. The molecular formula is C11H16BrNO3S. The highest BCUT2D eigenvalue weighted by molar-refractivity contribution is 9.09. The van der Waals surface area contributed by atoms with Gasteiger partial charge in [-0.2, -0.15) is 0 Å². The lowest BCUT2D eigenvalue weighted by molar-refractivity contribution is 0.201. The van der Waals surface area contributed by atoms with Gasteiger partial charge in [-0.15, -0.1) is 0 Å². The second-order valence-corrected chi connectivity index (χ2v) is 6.78. The molecule has 0 heterocycles. The van der Waals surface area contributed by atoms with Gasteiger partial charge in [0.2, 0.25) is 10.0 Å². The number of halogens is 1. The van der Waals surface area contributed by atoms with Gasteiger partial charge in [-0.05, 0) is 24.6 Å². The molecule has 4 nitrogen and oxygen atoms in total. The molecule has 1 N–H and O–H groups in total. The van der Waals surface area contributed by atoms with Gasteiger partial charge in [-0.25, -0.2) is 13.1 Å². The predicted molar refractivity (Wildman–Crippen MR) is 71.0 cm³/mol. The van der Waals surface area contributed by atoms with Crippen molar-refractivity contribution in [1.82, 2.24) is 4.72 Å². The van der Waals surface area contributed by atoms with Crippen LogP contribution in [-0.4, -0.2) is 33.5 Å². The number of sulfonamides is 1. The average Bonchev–Trinajstić information content (AvgIpc) is 2.27.